The first-order valence-corrected chi connectivity index (χ1v) is 10.9. The van der Waals surface area contributed by atoms with E-state index in [0.29, 0.717) is 17.1 Å². The summed E-state index contributed by atoms with van der Waals surface area (Å²) in [7, 11) is -2.41. The lowest BCUT2D eigenvalue weighted by Crippen LogP contribution is -2.19. The maximum absolute atomic E-state index is 12.0. The fourth-order valence-corrected chi connectivity index (χ4v) is 5.83. The van der Waals surface area contributed by atoms with Crippen LogP contribution in [0.3, 0.4) is 0 Å². The molecule has 1 amide bonds. The van der Waals surface area contributed by atoms with Gasteiger partial charge < -0.3 is 10.7 Å². The van der Waals surface area contributed by atoms with Gasteiger partial charge in [0, 0.05) is 28.0 Å². The second kappa shape index (κ2) is 6.17. The van der Waals surface area contributed by atoms with Crippen LogP contribution < -0.4 is 5.73 Å². The normalized spacial score (nSPS) is 19.1. The number of hydrogen-bond donors (Lipinski definition) is 4. The van der Waals surface area contributed by atoms with Crippen LogP contribution in [0.4, 0.5) is 0 Å². The molecule has 0 saturated carbocycles. The van der Waals surface area contributed by atoms with Gasteiger partial charge in [-0.25, -0.2) is 0 Å². The summed E-state index contributed by atoms with van der Waals surface area (Å²) in [6.45, 7) is 0. The predicted octanol–water partition coefficient (Wildman–Crippen LogP) is 4.62. The number of aromatic amines is 1. The first kappa shape index (κ1) is 16.7. The smallest absolute Gasteiger partial charge is 0.250 e. The molecule has 0 aliphatic carbocycles. The first-order chi connectivity index (χ1) is 11.9. The van der Waals surface area contributed by atoms with Crippen LogP contribution in [0.1, 0.15) is 34.7 Å². The summed E-state index contributed by atoms with van der Waals surface area (Å²) < 4.78 is 19.7. The summed E-state index contributed by atoms with van der Waals surface area (Å²) in [6, 6.07) is 7.96. The van der Waals surface area contributed by atoms with Gasteiger partial charge in [0.15, 0.2) is 0 Å². The number of nitrogens with two attached hydrogens (primary N) is 1. The van der Waals surface area contributed by atoms with Crippen molar-refractivity contribution in [1.29, 1.82) is 0 Å². The van der Waals surface area contributed by atoms with Gasteiger partial charge in [0.1, 0.15) is 0 Å². The van der Waals surface area contributed by atoms with Gasteiger partial charge in [0.2, 0.25) is 0 Å². The van der Waals surface area contributed by atoms with Gasteiger partial charge in [-0.2, -0.15) is 10.6 Å². The Morgan fingerprint density at radius 3 is 2.68 bits per heavy atom. The first-order valence-electron chi connectivity index (χ1n) is 8.17. The van der Waals surface area contributed by atoms with Crippen molar-refractivity contribution in [3.8, 4) is 10.4 Å². The van der Waals surface area contributed by atoms with Gasteiger partial charge in [0.25, 0.3) is 5.91 Å². The number of fused-ring (bicyclic) bond motifs is 1. The fourth-order valence-electron chi connectivity index (χ4n) is 3.59. The SMILES string of the molecule is NC(=O)c1cc(-c2cccs2)cc2c(C3CCS(O)(O)CC3)c[nH]c12. The standard InChI is InChI=1S/C18H20N2O3S2/c19-18(21)14-9-12(16-2-1-5-24-16)8-13-15(10-20-17(13)14)11-3-6-25(22,23)7-4-11/h1-2,5,8-11,20,22-23H,3-4,6-7H2,(H2,19,21). The zero-order chi connectivity index (χ0) is 17.6. The molecule has 1 aromatic carbocycles. The Morgan fingerprint density at radius 2 is 2.04 bits per heavy atom. The van der Waals surface area contributed by atoms with Crippen LogP contribution >= 0.6 is 21.9 Å². The minimum absolute atomic E-state index is 0.257. The highest BCUT2D eigenvalue weighted by Gasteiger charge is 2.27. The summed E-state index contributed by atoms with van der Waals surface area (Å²) in [5.41, 5.74) is 8.98. The van der Waals surface area contributed by atoms with Crippen LogP contribution in [0, 0.1) is 0 Å². The third-order valence-corrected chi connectivity index (χ3v) is 7.62. The van der Waals surface area contributed by atoms with Crippen molar-refractivity contribution in [2.75, 3.05) is 11.5 Å². The van der Waals surface area contributed by atoms with E-state index in [2.05, 4.69) is 11.1 Å². The summed E-state index contributed by atoms with van der Waals surface area (Å²) in [6.07, 6.45) is 3.42. The Balaban J connectivity index is 1.83. The number of amides is 1. The van der Waals surface area contributed by atoms with Crippen LogP contribution in [0.2, 0.25) is 0 Å². The van der Waals surface area contributed by atoms with Crippen molar-refractivity contribution < 1.29 is 13.9 Å². The maximum Gasteiger partial charge on any atom is 0.250 e. The van der Waals surface area contributed by atoms with Crippen molar-refractivity contribution >= 4 is 38.7 Å². The van der Waals surface area contributed by atoms with E-state index < -0.39 is 16.5 Å². The zero-order valence-corrected chi connectivity index (χ0v) is 15.2. The van der Waals surface area contributed by atoms with Crippen molar-refractivity contribution in [2.24, 2.45) is 5.73 Å². The van der Waals surface area contributed by atoms with Crippen LogP contribution in [0.15, 0.2) is 35.8 Å². The lowest BCUT2D eigenvalue weighted by Gasteiger charge is -2.39. The molecule has 0 atom stereocenters. The van der Waals surface area contributed by atoms with Crippen molar-refractivity contribution in [2.45, 2.75) is 18.8 Å². The van der Waals surface area contributed by atoms with Gasteiger partial charge in [-0.1, -0.05) is 6.07 Å². The van der Waals surface area contributed by atoms with Crippen molar-refractivity contribution in [3.05, 3.63) is 47.0 Å². The molecule has 1 aliphatic heterocycles. The largest absolute Gasteiger partial charge is 0.366 e. The molecule has 132 valence electrons. The molecule has 5 nitrogen and oxygen atoms in total. The van der Waals surface area contributed by atoms with Crippen LogP contribution in [-0.4, -0.2) is 31.5 Å². The minimum atomic E-state index is -2.41. The molecule has 3 aromatic rings. The van der Waals surface area contributed by atoms with Gasteiger partial charge in [-0.15, -0.1) is 11.3 Å². The summed E-state index contributed by atoms with van der Waals surface area (Å²) in [5, 5.41) is 3.01. The van der Waals surface area contributed by atoms with Gasteiger partial charge in [-0.3, -0.25) is 13.9 Å². The molecule has 2 aromatic heterocycles. The van der Waals surface area contributed by atoms with E-state index in [-0.39, 0.29) is 5.92 Å². The molecule has 0 spiro atoms. The molecule has 0 radical (unpaired) electrons. The van der Waals surface area contributed by atoms with E-state index in [9.17, 15) is 13.9 Å². The molecule has 0 unspecified atom stereocenters. The Morgan fingerprint density at radius 1 is 1.28 bits per heavy atom. The lowest BCUT2D eigenvalue weighted by atomic mass is 9.91. The highest BCUT2D eigenvalue weighted by molar-refractivity contribution is 8.24. The number of thiophene rings is 1. The molecule has 1 aliphatic rings. The quantitative estimate of drug-likeness (QED) is 0.536. The Labute approximate surface area is 151 Å². The fraction of sp³-hybridized carbons (Fsp3) is 0.278. The second-order valence-electron chi connectivity index (χ2n) is 6.52. The molecular weight excluding hydrogens is 356 g/mol. The Hall–Kier alpha value is -1.80. The number of H-pyrrole nitrogens is 1. The number of primary amides is 1. The van der Waals surface area contributed by atoms with Crippen LogP contribution in [0.25, 0.3) is 21.3 Å². The third-order valence-electron chi connectivity index (χ3n) is 4.92. The maximum atomic E-state index is 12.0. The van der Waals surface area contributed by atoms with E-state index in [0.717, 1.165) is 39.7 Å². The number of hydrogen-bond acceptors (Lipinski definition) is 4. The zero-order valence-electron chi connectivity index (χ0n) is 13.6. The molecule has 0 bridgehead atoms. The summed E-state index contributed by atoms with van der Waals surface area (Å²) in [5.74, 6) is 0.692. The number of carbonyl (C=O) groups excluding carboxylic acids is 1. The minimum Gasteiger partial charge on any atom is -0.366 e. The average Bonchev–Trinajstić information content (AvgIpc) is 3.23. The number of aromatic nitrogens is 1. The van der Waals surface area contributed by atoms with E-state index in [1.165, 1.54) is 0 Å². The number of carbonyl (C=O) groups is 1. The van der Waals surface area contributed by atoms with Gasteiger partial charge in [0.05, 0.1) is 11.1 Å². The molecule has 1 fully saturated rings. The molecule has 7 heteroatoms. The van der Waals surface area contributed by atoms with Gasteiger partial charge in [-0.05, 0) is 53.5 Å². The predicted molar refractivity (Wildman–Crippen MR) is 105 cm³/mol. The van der Waals surface area contributed by atoms with Crippen LogP contribution in [0.5, 0.6) is 0 Å². The monoisotopic (exact) mass is 376 g/mol. The topological polar surface area (TPSA) is 99.3 Å². The highest BCUT2D eigenvalue weighted by atomic mass is 32.3. The Bertz CT molecular complexity index is 921. The molecule has 3 heterocycles. The average molecular weight is 377 g/mol. The van der Waals surface area contributed by atoms with Crippen molar-refractivity contribution in [1.82, 2.24) is 4.98 Å². The van der Waals surface area contributed by atoms with E-state index in [1.54, 1.807) is 11.3 Å². The van der Waals surface area contributed by atoms with Crippen molar-refractivity contribution in [3.63, 3.8) is 0 Å². The molecular formula is C18H20N2O3S2. The molecule has 4 rings (SSSR count). The number of nitrogens with one attached hydrogen (secondary N) is 1. The highest BCUT2D eigenvalue weighted by Crippen LogP contribution is 2.49. The lowest BCUT2D eigenvalue weighted by molar-refractivity contribution is 0.100. The van der Waals surface area contributed by atoms with E-state index >= 15 is 0 Å². The second-order valence-corrected chi connectivity index (χ2v) is 9.89. The third kappa shape index (κ3) is 3.08. The van der Waals surface area contributed by atoms with Gasteiger partial charge >= 0.3 is 0 Å². The van der Waals surface area contributed by atoms with Crippen LogP contribution in [-0.2, 0) is 0 Å². The molecule has 25 heavy (non-hydrogen) atoms. The summed E-state index contributed by atoms with van der Waals surface area (Å²) in [4.78, 5) is 16.3. The van der Waals surface area contributed by atoms with E-state index in [4.69, 9.17) is 5.73 Å². The molecule has 5 N–H and O–H groups in total. The number of benzene rings is 1. The Kier molecular flexibility index (Phi) is 4.11. The number of rotatable bonds is 3. The summed E-state index contributed by atoms with van der Waals surface area (Å²) >= 11 is 1.62. The molecule has 1 saturated heterocycles. The van der Waals surface area contributed by atoms with E-state index in [1.807, 2.05) is 29.8 Å².